The molecule has 0 aliphatic carbocycles. The van der Waals surface area contributed by atoms with E-state index in [-0.39, 0.29) is 12.0 Å². The topological polar surface area (TPSA) is 127 Å². The molecule has 0 aliphatic heterocycles. The lowest BCUT2D eigenvalue weighted by molar-refractivity contribution is -0.308. The molecule has 1 aromatic carbocycles. The Balaban J connectivity index is 2.98. The van der Waals surface area contributed by atoms with Crippen molar-refractivity contribution in [3.8, 4) is 17.2 Å². The molecule has 94 valence electrons. The summed E-state index contributed by atoms with van der Waals surface area (Å²) in [4.78, 5) is 11.4. The van der Waals surface area contributed by atoms with E-state index in [4.69, 9.17) is 25.5 Å². The second kappa shape index (κ2) is 4.48. The Morgan fingerprint density at radius 1 is 1.24 bits per heavy atom. The molecular formula is C10H12O7. The Kier molecular flexibility index (Phi) is 3.45. The molecule has 7 nitrogen and oxygen atoms in total. The highest BCUT2D eigenvalue weighted by Gasteiger charge is 2.27. The van der Waals surface area contributed by atoms with Crippen molar-refractivity contribution in [1.29, 1.82) is 0 Å². The van der Waals surface area contributed by atoms with Crippen LogP contribution in [0.15, 0.2) is 12.1 Å². The summed E-state index contributed by atoms with van der Waals surface area (Å²) in [5, 5.41) is 45.5. The van der Waals surface area contributed by atoms with Crippen LogP contribution in [0.5, 0.6) is 17.2 Å². The van der Waals surface area contributed by atoms with Gasteiger partial charge in [0, 0.05) is 6.42 Å². The number of hydrogen-bond donors (Lipinski definition) is 5. The van der Waals surface area contributed by atoms with Crippen molar-refractivity contribution in [3.63, 3.8) is 0 Å². The van der Waals surface area contributed by atoms with E-state index in [0.29, 0.717) is 0 Å². The number of hydrogen-bond acceptors (Lipinski definition) is 7. The maximum Gasteiger partial charge on any atom is 0.342 e. The van der Waals surface area contributed by atoms with E-state index < -0.39 is 29.2 Å². The summed E-state index contributed by atoms with van der Waals surface area (Å²) < 4.78 is 4.29. The summed E-state index contributed by atoms with van der Waals surface area (Å²) in [6.07, 6.45) is -0.255. The molecule has 0 bridgehead atoms. The lowest BCUT2D eigenvalue weighted by Crippen LogP contribution is -2.33. The van der Waals surface area contributed by atoms with Crippen molar-refractivity contribution in [2.75, 3.05) is 0 Å². The highest BCUT2D eigenvalue weighted by Crippen LogP contribution is 2.35. The summed E-state index contributed by atoms with van der Waals surface area (Å²) in [6.45, 7) is 1.37. The SMILES string of the molecule is CCC(O)(O)OC(=O)c1cc(O)c(O)c(O)c1. The Morgan fingerprint density at radius 2 is 1.71 bits per heavy atom. The first-order valence-electron chi connectivity index (χ1n) is 4.70. The van der Waals surface area contributed by atoms with E-state index in [1.165, 1.54) is 6.92 Å². The number of esters is 1. The predicted molar refractivity (Wildman–Crippen MR) is 54.3 cm³/mol. The second-order valence-electron chi connectivity index (χ2n) is 3.35. The van der Waals surface area contributed by atoms with Gasteiger partial charge in [-0.2, -0.15) is 0 Å². The van der Waals surface area contributed by atoms with Gasteiger partial charge in [0.1, 0.15) is 0 Å². The first kappa shape index (κ1) is 13.1. The van der Waals surface area contributed by atoms with Crippen LogP contribution in [0.25, 0.3) is 0 Å². The van der Waals surface area contributed by atoms with E-state index in [2.05, 4.69) is 4.74 Å². The number of carbonyl (C=O) groups is 1. The molecule has 0 saturated carbocycles. The third kappa shape index (κ3) is 2.99. The minimum atomic E-state index is -2.62. The number of rotatable bonds is 3. The van der Waals surface area contributed by atoms with Gasteiger partial charge in [-0.1, -0.05) is 6.92 Å². The summed E-state index contributed by atoms with van der Waals surface area (Å²) in [7, 11) is 0. The molecule has 5 N–H and O–H groups in total. The minimum Gasteiger partial charge on any atom is -0.504 e. The molecule has 0 atom stereocenters. The summed E-state index contributed by atoms with van der Waals surface area (Å²) in [6, 6.07) is 1.65. The average Bonchev–Trinajstić information content (AvgIpc) is 2.24. The van der Waals surface area contributed by atoms with E-state index in [0.717, 1.165) is 12.1 Å². The first-order valence-corrected chi connectivity index (χ1v) is 4.70. The number of phenols is 3. The molecule has 0 aliphatic rings. The standard InChI is InChI=1S/C10H12O7/c1-2-10(15,16)17-9(14)5-3-6(11)8(13)7(12)4-5/h3-4,11-13,15-16H,2H2,1H3. The Hall–Kier alpha value is -1.99. The third-order valence-corrected chi connectivity index (χ3v) is 2.02. The molecule has 0 radical (unpaired) electrons. The maximum atomic E-state index is 11.4. The lowest BCUT2D eigenvalue weighted by atomic mass is 10.2. The number of ether oxygens (including phenoxy) is 1. The van der Waals surface area contributed by atoms with Crippen molar-refractivity contribution >= 4 is 5.97 Å². The van der Waals surface area contributed by atoms with Crippen LogP contribution in [0.4, 0.5) is 0 Å². The maximum absolute atomic E-state index is 11.4. The monoisotopic (exact) mass is 244 g/mol. The second-order valence-corrected chi connectivity index (χ2v) is 3.35. The van der Waals surface area contributed by atoms with Gasteiger partial charge in [0.05, 0.1) is 5.56 Å². The van der Waals surface area contributed by atoms with Crippen LogP contribution in [-0.2, 0) is 4.74 Å². The van der Waals surface area contributed by atoms with Crippen molar-refractivity contribution in [1.82, 2.24) is 0 Å². The summed E-state index contributed by atoms with van der Waals surface area (Å²) >= 11 is 0. The first-order chi connectivity index (χ1) is 7.76. The molecular weight excluding hydrogens is 232 g/mol. The van der Waals surface area contributed by atoms with Gasteiger partial charge in [0.15, 0.2) is 17.2 Å². The van der Waals surface area contributed by atoms with Crippen LogP contribution in [0.2, 0.25) is 0 Å². The largest absolute Gasteiger partial charge is 0.504 e. The molecule has 0 unspecified atom stereocenters. The normalized spacial score (nSPS) is 11.2. The number of phenolic OH excluding ortho intramolecular Hbond substituents is 3. The van der Waals surface area contributed by atoms with Gasteiger partial charge in [-0.3, -0.25) is 0 Å². The highest BCUT2D eigenvalue weighted by molar-refractivity contribution is 5.91. The molecule has 0 heterocycles. The quantitative estimate of drug-likeness (QED) is 0.288. The fourth-order valence-electron chi connectivity index (χ4n) is 1.00. The molecule has 0 aromatic heterocycles. The smallest absolute Gasteiger partial charge is 0.342 e. The highest BCUT2D eigenvalue weighted by atomic mass is 16.8. The molecule has 1 aromatic rings. The number of benzene rings is 1. The third-order valence-electron chi connectivity index (χ3n) is 2.02. The fourth-order valence-corrected chi connectivity index (χ4v) is 1.00. The van der Waals surface area contributed by atoms with Gasteiger partial charge >= 0.3 is 11.9 Å². The predicted octanol–water partition coefficient (Wildman–Crippen LogP) is 0.00860. The van der Waals surface area contributed by atoms with Crippen molar-refractivity contribution in [2.45, 2.75) is 19.3 Å². The number of aliphatic hydroxyl groups is 2. The van der Waals surface area contributed by atoms with E-state index in [1.807, 2.05) is 0 Å². The van der Waals surface area contributed by atoms with Crippen LogP contribution in [0, 0.1) is 0 Å². The fraction of sp³-hybridized carbons (Fsp3) is 0.300. The molecule has 0 fully saturated rings. The zero-order valence-corrected chi connectivity index (χ0v) is 8.91. The van der Waals surface area contributed by atoms with Gasteiger partial charge < -0.3 is 30.3 Å². The van der Waals surface area contributed by atoms with Crippen LogP contribution in [-0.4, -0.2) is 37.5 Å². The van der Waals surface area contributed by atoms with Crippen LogP contribution >= 0.6 is 0 Å². The number of carbonyl (C=O) groups excluding carboxylic acids is 1. The molecule has 0 saturated heterocycles. The van der Waals surface area contributed by atoms with Crippen LogP contribution in [0.1, 0.15) is 23.7 Å². The number of aromatic hydroxyl groups is 3. The average molecular weight is 244 g/mol. The van der Waals surface area contributed by atoms with Gasteiger partial charge in [-0.25, -0.2) is 4.79 Å². The molecule has 0 amide bonds. The van der Waals surface area contributed by atoms with E-state index >= 15 is 0 Å². The summed E-state index contributed by atoms with van der Waals surface area (Å²) in [5.41, 5.74) is -0.335. The van der Waals surface area contributed by atoms with Crippen molar-refractivity contribution in [3.05, 3.63) is 17.7 Å². The Labute approximate surface area is 96.1 Å². The van der Waals surface area contributed by atoms with E-state index in [1.54, 1.807) is 0 Å². The zero-order chi connectivity index (χ0) is 13.2. The van der Waals surface area contributed by atoms with E-state index in [9.17, 15) is 4.79 Å². The van der Waals surface area contributed by atoms with Crippen molar-refractivity contribution in [2.24, 2.45) is 0 Å². The van der Waals surface area contributed by atoms with Gasteiger partial charge in [-0.15, -0.1) is 0 Å². The summed E-state index contributed by atoms with van der Waals surface area (Å²) in [5.74, 6) is -6.02. The lowest BCUT2D eigenvalue weighted by Gasteiger charge is -2.19. The zero-order valence-electron chi connectivity index (χ0n) is 8.91. The van der Waals surface area contributed by atoms with Gasteiger partial charge in [0.2, 0.25) is 0 Å². The van der Waals surface area contributed by atoms with Crippen molar-refractivity contribution < 1.29 is 35.1 Å². The molecule has 1 rings (SSSR count). The Bertz CT molecular complexity index is 415. The van der Waals surface area contributed by atoms with Gasteiger partial charge in [-0.05, 0) is 12.1 Å². The van der Waals surface area contributed by atoms with Crippen LogP contribution in [0.3, 0.4) is 0 Å². The Morgan fingerprint density at radius 3 is 2.12 bits per heavy atom. The minimum absolute atomic E-state index is 0.255. The molecule has 0 spiro atoms. The van der Waals surface area contributed by atoms with Crippen LogP contribution < -0.4 is 0 Å². The molecule has 17 heavy (non-hydrogen) atoms. The van der Waals surface area contributed by atoms with Gasteiger partial charge in [0.25, 0.3) is 0 Å². The molecule has 7 heteroatoms.